The fourth-order valence-electron chi connectivity index (χ4n) is 1.57. The number of thiophene rings is 1. The van der Waals surface area contributed by atoms with Crippen LogP contribution < -0.4 is 10.1 Å². The summed E-state index contributed by atoms with van der Waals surface area (Å²) in [7, 11) is 0. The molecule has 2 heterocycles. The van der Waals surface area contributed by atoms with E-state index in [2.05, 4.69) is 34.7 Å². The first-order chi connectivity index (χ1) is 8.88. The minimum absolute atomic E-state index is 0.706. The SMILES string of the molecule is CCCNc1cc(OCCc2cccs2)ccn1. The van der Waals surface area contributed by atoms with Crippen LogP contribution in [0.15, 0.2) is 35.8 Å². The van der Waals surface area contributed by atoms with Crippen molar-refractivity contribution >= 4 is 17.2 Å². The molecule has 2 rings (SSSR count). The van der Waals surface area contributed by atoms with Crippen LogP contribution in [0.3, 0.4) is 0 Å². The van der Waals surface area contributed by atoms with Crippen molar-refractivity contribution in [3.63, 3.8) is 0 Å². The average molecular weight is 262 g/mol. The highest BCUT2D eigenvalue weighted by Gasteiger charge is 1.99. The van der Waals surface area contributed by atoms with Crippen molar-refractivity contribution < 1.29 is 4.74 Å². The number of aromatic nitrogens is 1. The molecule has 0 saturated heterocycles. The molecule has 0 aliphatic carbocycles. The molecule has 0 radical (unpaired) electrons. The first kappa shape index (κ1) is 12.9. The van der Waals surface area contributed by atoms with Crippen molar-refractivity contribution in [1.82, 2.24) is 4.98 Å². The van der Waals surface area contributed by atoms with Crippen LogP contribution in [0.2, 0.25) is 0 Å². The summed E-state index contributed by atoms with van der Waals surface area (Å²) in [6.07, 6.45) is 3.82. The molecule has 0 aliphatic heterocycles. The maximum atomic E-state index is 5.73. The van der Waals surface area contributed by atoms with Gasteiger partial charge in [0.1, 0.15) is 11.6 Å². The minimum Gasteiger partial charge on any atom is -0.493 e. The van der Waals surface area contributed by atoms with E-state index in [-0.39, 0.29) is 0 Å². The van der Waals surface area contributed by atoms with E-state index < -0.39 is 0 Å². The summed E-state index contributed by atoms with van der Waals surface area (Å²) in [5.41, 5.74) is 0. The van der Waals surface area contributed by atoms with Crippen LogP contribution in [0.4, 0.5) is 5.82 Å². The van der Waals surface area contributed by atoms with Gasteiger partial charge >= 0.3 is 0 Å². The van der Waals surface area contributed by atoms with Gasteiger partial charge in [-0.05, 0) is 23.9 Å². The Hall–Kier alpha value is -1.55. The van der Waals surface area contributed by atoms with Crippen molar-refractivity contribution in [2.24, 2.45) is 0 Å². The second-order valence-corrected chi connectivity index (χ2v) is 5.01. The van der Waals surface area contributed by atoms with E-state index in [4.69, 9.17) is 4.74 Å². The van der Waals surface area contributed by atoms with Crippen LogP contribution in [-0.4, -0.2) is 18.1 Å². The number of nitrogens with zero attached hydrogens (tertiary/aromatic N) is 1. The zero-order valence-electron chi connectivity index (χ0n) is 10.6. The van der Waals surface area contributed by atoms with Crippen LogP contribution in [0.5, 0.6) is 5.75 Å². The fourth-order valence-corrected chi connectivity index (χ4v) is 2.27. The number of anilines is 1. The molecule has 0 amide bonds. The molecule has 0 aromatic carbocycles. The Balaban J connectivity index is 1.81. The van der Waals surface area contributed by atoms with Crippen LogP contribution in [0.25, 0.3) is 0 Å². The molecule has 3 nitrogen and oxygen atoms in total. The van der Waals surface area contributed by atoms with Gasteiger partial charge in [-0.25, -0.2) is 4.98 Å². The van der Waals surface area contributed by atoms with Crippen molar-refractivity contribution in [3.8, 4) is 5.75 Å². The zero-order valence-corrected chi connectivity index (χ0v) is 11.4. The van der Waals surface area contributed by atoms with Crippen LogP contribution in [-0.2, 0) is 6.42 Å². The van der Waals surface area contributed by atoms with E-state index in [1.54, 1.807) is 17.5 Å². The van der Waals surface area contributed by atoms with Gasteiger partial charge in [0.2, 0.25) is 0 Å². The lowest BCUT2D eigenvalue weighted by atomic mass is 10.3. The summed E-state index contributed by atoms with van der Waals surface area (Å²) >= 11 is 1.77. The van der Waals surface area contributed by atoms with Gasteiger partial charge in [0, 0.05) is 30.1 Å². The number of ether oxygens (including phenoxy) is 1. The van der Waals surface area contributed by atoms with Crippen LogP contribution in [0, 0.1) is 0 Å². The Labute approximate surface area is 112 Å². The molecule has 2 aromatic heterocycles. The summed E-state index contributed by atoms with van der Waals surface area (Å²) in [5.74, 6) is 1.76. The van der Waals surface area contributed by atoms with E-state index >= 15 is 0 Å². The Kier molecular flexibility index (Phi) is 5.02. The molecular weight excluding hydrogens is 244 g/mol. The number of pyridine rings is 1. The lowest BCUT2D eigenvalue weighted by Crippen LogP contribution is -2.03. The topological polar surface area (TPSA) is 34.1 Å². The number of rotatable bonds is 7. The zero-order chi connectivity index (χ0) is 12.6. The summed E-state index contributed by atoms with van der Waals surface area (Å²) in [6.45, 7) is 3.78. The molecule has 1 N–H and O–H groups in total. The molecule has 2 aromatic rings. The Morgan fingerprint density at radius 1 is 1.39 bits per heavy atom. The fraction of sp³-hybridized carbons (Fsp3) is 0.357. The van der Waals surface area contributed by atoms with Gasteiger partial charge < -0.3 is 10.1 Å². The van der Waals surface area contributed by atoms with Crippen molar-refractivity contribution in [1.29, 1.82) is 0 Å². The highest BCUT2D eigenvalue weighted by molar-refractivity contribution is 7.09. The van der Waals surface area contributed by atoms with Gasteiger partial charge in [-0.2, -0.15) is 0 Å². The third kappa shape index (κ3) is 4.04. The smallest absolute Gasteiger partial charge is 0.129 e. The number of nitrogens with one attached hydrogen (secondary N) is 1. The normalized spacial score (nSPS) is 10.3. The second-order valence-electron chi connectivity index (χ2n) is 3.98. The van der Waals surface area contributed by atoms with Gasteiger partial charge in [0.15, 0.2) is 0 Å². The van der Waals surface area contributed by atoms with Crippen LogP contribution >= 0.6 is 11.3 Å². The molecule has 4 heteroatoms. The summed E-state index contributed by atoms with van der Waals surface area (Å²) in [5, 5.41) is 5.34. The maximum absolute atomic E-state index is 5.73. The molecule has 0 unspecified atom stereocenters. The summed E-state index contributed by atoms with van der Waals surface area (Å²) in [6, 6.07) is 8.05. The summed E-state index contributed by atoms with van der Waals surface area (Å²) < 4.78 is 5.73. The lowest BCUT2D eigenvalue weighted by Gasteiger charge is -2.08. The van der Waals surface area contributed by atoms with E-state index in [9.17, 15) is 0 Å². The van der Waals surface area contributed by atoms with Gasteiger partial charge in [0.05, 0.1) is 6.61 Å². The Bertz CT molecular complexity index is 457. The van der Waals surface area contributed by atoms with Crippen molar-refractivity contribution in [2.75, 3.05) is 18.5 Å². The lowest BCUT2D eigenvalue weighted by molar-refractivity contribution is 0.323. The van der Waals surface area contributed by atoms with Gasteiger partial charge in [-0.3, -0.25) is 0 Å². The van der Waals surface area contributed by atoms with Gasteiger partial charge in [-0.15, -0.1) is 11.3 Å². The largest absolute Gasteiger partial charge is 0.493 e. The predicted octanol–water partition coefficient (Wildman–Crippen LogP) is 3.59. The van der Waals surface area contributed by atoms with E-state index in [0.29, 0.717) is 6.61 Å². The molecule has 0 saturated carbocycles. The highest BCUT2D eigenvalue weighted by Crippen LogP contribution is 2.15. The predicted molar refractivity (Wildman–Crippen MR) is 76.5 cm³/mol. The van der Waals surface area contributed by atoms with E-state index in [0.717, 1.165) is 31.0 Å². The Morgan fingerprint density at radius 2 is 2.33 bits per heavy atom. The van der Waals surface area contributed by atoms with Gasteiger partial charge in [0.25, 0.3) is 0 Å². The molecule has 96 valence electrons. The monoisotopic (exact) mass is 262 g/mol. The average Bonchev–Trinajstić information content (AvgIpc) is 2.90. The number of hydrogen-bond acceptors (Lipinski definition) is 4. The molecule has 18 heavy (non-hydrogen) atoms. The first-order valence-electron chi connectivity index (χ1n) is 6.23. The summed E-state index contributed by atoms with van der Waals surface area (Å²) in [4.78, 5) is 5.60. The Morgan fingerprint density at radius 3 is 3.11 bits per heavy atom. The molecule has 0 atom stereocenters. The third-order valence-electron chi connectivity index (χ3n) is 2.48. The molecule has 0 fully saturated rings. The molecular formula is C14H18N2OS. The standard InChI is InChI=1S/C14H18N2OS/c1-2-7-15-14-11-12(5-8-16-14)17-9-6-13-4-3-10-18-13/h3-5,8,10-11H,2,6-7,9H2,1H3,(H,15,16). The minimum atomic E-state index is 0.706. The second kappa shape index (κ2) is 7.01. The van der Waals surface area contributed by atoms with Crippen molar-refractivity contribution in [3.05, 3.63) is 40.7 Å². The van der Waals surface area contributed by atoms with Crippen molar-refractivity contribution in [2.45, 2.75) is 19.8 Å². The van der Waals surface area contributed by atoms with E-state index in [1.807, 2.05) is 12.1 Å². The van der Waals surface area contributed by atoms with Gasteiger partial charge in [-0.1, -0.05) is 13.0 Å². The first-order valence-corrected chi connectivity index (χ1v) is 7.11. The highest BCUT2D eigenvalue weighted by atomic mass is 32.1. The molecule has 0 spiro atoms. The maximum Gasteiger partial charge on any atom is 0.129 e. The third-order valence-corrected chi connectivity index (χ3v) is 3.42. The molecule has 0 aliphatic rings. The quantitative estimate of drug-likeness (QED) is 0.828. The van der Waals surface area contributed by atoms with E-state index in [1.165, 1.54) is 4.88 Å². The number of hydrogen-bond donors (Lipinski definition) is 1. The molecule has 0 bridgehead atoms. The van der Waals surface area contributed by atoms with Crippen LogP contribution in [0.1, 0.15) is 18.2 Å².